The highest BCUT2D eigenvalue weighted by atomic mass is 35.5. The lowest BCUT2D eigenvalue weighted by Crippen LogP contribution is -1.91. The van der Waals surface area contributed by atoms with Gasteiger partial charge < -0.3 is 0 Å². The van der Waals surface area contributed by atoms with Gasteiger partial charge in [-0.1, -0.05) is 46.4 Å². The molecular formula is C16H8Cl4N2. The maximum Gasteiger partial charge on any atom is 0.116 e. The fourth-order valence-corrected chi connectivity index (χ4v) is 2.81. The van der Waals surface area contributed by atoms with Crippen LogP contribution in [-0.4, -0.2) is 9.97 Å². The smallest absolute Gasteiger partial charge is 0.116 e. The third-order valence-electron chi connectivity index (χ3n) is 3.08. The zero-order valence-corrected chi connectivity index (χ0v) is 14.0. The van der Waals surface area contributed by atoms with Crippen LogP contribution in [0, 0.1) is 0 Å². The van der Waals surface area contributed by atoms with E-state index < -0.39 is 0 Å². The van der Waals surface area contributed by atoms with Crippen LogP contribution in [0.3, 0.4) is 0 Å². The van der Waals surface area contributed by atoms with Gasteiger partial charge in [-0.05, 0) is 42.5 Å². The van der Waals surface area contributed by atoms with E-state index in [0.29, 0.717) is 31.5 Å². The van der Waals surface area contributed by atoms with Gasteiger partial charge in [-0.2, -0.15) is 0 Å². The second kappa shape index (κ2) is 6.43. The molecule has 3 rings (SSSR count). The minimum Gasteiger partial charge on any atom is -0.236 e. The molecule has 22 heavy (non-hydrogen) atoms. The van der Waals surface area contributed by atoms with Crippen LogP contribution in [0.15, 0.2) is 48.8 Å². The average Bonchev–Trinajstić information content (AvgIpc) is 2.52. The van der Waals surface area contributed by atoms with Crippen LogP contribution >= 0.6 is 46.4 Å². The third kappa shape index (κ3) is 3.21. The number of hydrogen-bond acceptors (Lipinski definition) is 2. The Bertz CT molecular complexity index is 783. The van der Waals surface area contributed by atoms with Crippen LogP contribution in [0.1, 0.15) is 0 Å². The quantitative estimate of drug-likeness (QED) is 0.520. The van der Waals surface area contributed by atoms with Gasteiger partial charge in [0.25, 0.3) is 0 Å². The number of nitrogens with zero attached hydrogens (tertiary/aromatic N) is 2. The van der Waals surface area contributed by atoms with E-state index in [1.807, 2.05) is 0 Å². The van der Waals surface area contributed by atoms with Gasteiger partial charge in [-0.3, -0.25) is 0 Å². The van der Waals surface area contributed by atoms with Crippen molar-refractivity contribution in [3.63, 3.8) is 0 Å². The number of benzene rings is 2. The molecule has 0 aliphatic rings. The van der Waals surface area contributed by atoms with Crippen molar-refractivity contribution in [1.82, 2.24) is 9.97 Å². The maximum absolute atomic E-state index is 6.22. The van der Waals surface area contributed by atoms with Crippen molar-refractivity contribution in [2.45, 2.75) is 0 Å². The summed E-state index contributed by atoms with van der Waals surface area (Å²) in [5.74, 6) is 0. The highest BCUT2D eigenvalue weighted by Gasteiger charge is 2.11. The van der Waals surface area contributed by atoms with Crippen molar-refractivity contribution in [2.75, 3.05) is 0 Å². The first-order valence-electron chi connectivity index (χ1n) is 6.27. The molecule has 0 amide bonds. The number of rotatable bonds is 2. The number of halogens is 4. The first-order chi connectivity index (χ1) is 10.5. The molecule has 0 radical (unpaired) electrons. The lowest BCUT2D eigenvalue weighted by Gasteiger charge is -2.08. The summed E-state index contributed by atoms with van der Waals surface area (Å²) < 4.78 is 0. The molecule has 110 valence electrons. The van der Waals surface area contributed by atoms with Crippen LogP contribution in [0.2, 0.25) is 20.1 Å². The Morgan fingerprint density at radius 3 is 1.50 bits per heavy atom. The predicted molar refractivity (Wildman–Crippen MR) is 92.9 cm³/mol. The largest absolute Gasteiger partial charge is 0.236 e. The molecule has 0 N–H and O–H groups in total. The van der Waals surface area contributed by atoms with Crippen molar-refractivity contribution in [2.24, 2.45) is 0 Å². The van der Waals surface area contributed by atoms with Gasteiger partial charge in [0.2, 0.25) is 0 Å². The molecule has 0 atom stereocenters. The molecule has 1 aromatic heterocycles. The van der Waals surface area contributed by atoms with Gasteiger partial charge in [-0.15, -0.1) is 0 Å². The minimum absolute atomic E-state index is 0.561. The zero-order chi connectivity index (χ0) is 15.7. The molecule has 0 bridgehead atoms. The minimum atomic E-state index is 0.561. The Labute approximate surface area is 147 Å². The average molecular weight is 370 g/mol. The van der Waals surface area contributed by atoms with E-state index in [-0.39, 0.29) is 0 Å². The molecule has 2 aromatic carbocycles. The normalized spacial score (nSPS) is 10.7. The summed E-state index contributed by atoms with van der Waals surface area (Å²) in [4.78, 5) is 8.52. The highest BCUT2D eigenvalue weighted by molar-refractivity contribution is 6.36. The Balaban J connectivity index is 2.14. The Morgan fingerprint density at radius 1 is 0.591 bits per heavy atom. The van der Waals surface area contributed by atoms with Gasteiger partial charge in [0.15, 0.2) is 0 Å². The summed E-state index contributed by atoms with van der Waals surface area (Å²) in [5.41, 5.74) is 2.79. The van der Waals surface area contributed by atoms with E-state index >= 15 is 0 Å². The van der Waals surface area contributed by atoms with Crippen molar-refractivity contribution in [3.05, 3.63) is 68.9 Å². The number of aromatic nitrogens is 2. The second-order valence-corrected chi connectivity index (χ2v) is 6.22. The standard InChI is InChI=1S/C16H8Cl4N2/c17-9-1-3-13(19)11(5-9)15-7-16(22-8-21-15)12-6-10(18)2-4-14(12)20/h1-8H. The summed E-state index contributed by atoms with van der Waals surface area (Å²) in [5, 5.41) is 2.29. The van der Waals surface area contributed by atoms with E-state index in [2.05, 4.69) is 9.97 Å². The molecule has 6 heteroatoms. The molecule has 0 spiro atoms. The van der Waals surface area contributed by atoms with E-state index in [1.54, 1.807) is 42.5 Å². The topological polar surface area (TPSA) is 25.8 Å². The molecule has 2 nitrogen and oxygen atoms in total. The molecule has 0 unspecified atom stereocenters. The predicted octanol–water partition coefficient (Wildman–Crippen LogP) is 6.42. The Hall–Kier alpha value is -1.32. The van der Waals surface area contributed by atoms with Crippen LogP contribution in [-0.2, 0) is 0 Å². The molecule has 1 heterocycles. The van der Waals surface area contributed by atoms with Gasteiger partial charge >= 0.3 is 0 Å². The second-order valence-electron chi connectivity index (χ2n) is 4.54. The summed E-state index contributed by atoms with van der Waals surface area (Å²) in [6.45, 7) is 0. The van der Waals surface area contributed by atoms with Gasteiger partial charge in [0.1, 0.15) is 6.33 Å². The van der Waals surface area contributed by atoms with Gasteiger partial charge in [0.05, 0.1) is 21.4 Å². The monoisotopic (exact) mass is 368 g/mol. The van der Waals surface area contributed by atoms with Gasteiger partial charge in [-0.25, -0.2) is 9.97 Å². The van der Waals surface area contributed by atoms with Crippen molar-refractivity contribution >= 4 is 46.4 Å². The summed E-state index contributed by atoms with van der Waals surface area (Å²) in [7, 11) is 0. The first kappa shape index (κ1) is 15.6. The van der Waals surface area contributed by atoms with E-state index in [0.717, 1.165) is 11.1 Å². The summed E-state index contributed by atoms with van der Waals surface area (Å²) in [6.07, 6.45) is 1.46. The SMILES string of the molecule is Clc1ccc(Cl)c(-c2cc(-c3cc(Cl)ccc3Cl)ncn2)c1. The van der Waals surface area contributed by atoms with E-state index in [1.165, 1.54) is 6.33 Å². The first-order valence-corrected chi connectivity index (χ1v) is 7.78. The molecule has 0 aliphatic heterocycles. The molecule has 0 saturated heterocycles. The lowest BCUT2D eigenvalue weighted by molar-refractivity contribution is 1.18. The molecule has 3 aromatic rings. The third-order valence-corrected chi connectivity index (χ3v) is 4.21. The van der Waals surface area contributed by atoms with Gasteiger partial charge in [0, 0.05) is 21.2 Å². The Morgan fingerprint density at radius 2 is 1.05 bits per heavy atom. The maximum atomic E-state index is 6.22. The highest BCUT2D eigenvalue weighted by Crippen LogP contribution is 2.33. The van der Waals surface area contributed by atoms with Crippen LogP contribution in [0.25, 0.3) is 22.5 Å². The van der Waals surface area contributed by atoms with E-state index in [4.69, 9.17) is 46.4 Å². The molecule has 0 aliphatic carbocycles. The number of hydrogen-bond donors (Lipinski definition) is 0. The molecular weight excluding hydrogens is 362 g/mol. The summed E-state index contributed by atoms with van der Waals surface area (Å²) >= 11 is 24.5. The fraction of sp³-hybridized carbons (Fsp3) is 0. The van der Waals surface area contributed by atoms with E-state index in [9.17, 15) is 0 Å². The fourth-order valence-electron chi connectivity index (χ4n) is 2.04. The molecule has 0 fully saturated rings. The van der Waals surface area contributed by atoms with Crippen molar-refractivity contribution in [3.8, 4) is 22.5 Å². The van der Waals surface area contributed by atoms with Crippen LogP contribution < -0.4 is 0 Å². The zero-order valence-electron chi connectivity index (χ0n) is 11.0. The Kier molecular flexibility index (Phi) is 4.55. The van der Waals surface area contributed by atoms with Crippen LogP contribution in [0.4, 0.5) is 0 Å². The van der Waals surface area contributed by atoms with Crippen molar-refractivity contribution in [1.29, 1.82) is 0 Å². The molecule has 0 saturated carbocycles. The van der Waals surface area contributed by atoms with Crippen molar-refractivity contribution < 1.29 is 0 Å². The van der Waals surface area contributed by atoms with Crippen LogP contribution in [0.5, 0.6) is 0 Å². The summed E-state index contributed by atoms with van der Waals surface area (Å²) in [6, 6.07) is 12.2. The lowest BCUT2D eigenvalue weighted by atomic mass is 10.1.